The summed E-state index contributed by atoms with van der Waals surface area (Å²) >= 11 is 7.70. The van der Waals surface area contributed by atoms with E-state index in [0.717, 1.165) is 22.9 Å². The normalized spacial score (nSPS) is 11.2. The zero-order chi connectivity index (χ0) is 19.3. The van der Waals surface area contributed by atoms with E-state index < -0.39 is 11.9 Å². The molecule has 0 atom stereocenters. The predicted octanol–water partition coefficient (Wildman–Crippen LogP) is 4.80. The minimum absolute atomic E-state index is 0.173. The highest BCUT2D eigenvalue weighted by Crippen LogP contribution is 2.30. The van der Waals surface area contributed by atoms with Gasteiger partial charge in [-0.1, -0.05) is 28.1 Å². The lowest BCUT2D eigenvalue weighted by Crippen LogP contribution is -2.24. The number of halogens is 3. The van der Waals surface area contributed by atoms with Crippen LogP contribution < -0.4 is 10.1 Å². The van der Waals surface area contributed by atoms with E-state index >= 15 is 0 Å². The van der Waals surface area contributed by atoms with Crippen LogP contribution in [0.2, 0.25) is 0 Å². The number of hydrogen-bond acceptors (Lipinski definition) is 3. The number of rotatable bonds is 6. The van der Waals surface area contributed by atoms with E-state index in [2.05, 4.69) is 66.4 Å². The first-order chi connectivity index (χ1) is 12.3. The van der Waals surface area contributed by atoms with Crippen molar-refractivity contribution >= 4 is 79.1 Å². The standard InChI is InChI=1S/C18H14BrI2NO4/c1-10(23)22-16(18(24)25)8-12-6-14(20)17(15(21)7-12)26-9-11-2-4-13(19)5-3-11/h2-8H,9H2,1H3,(H,22,23)(H,24,25). The van der Waals surface area contributed by atoms with E-state index in [1.807, 2.05) is 36.4 Å². The van der Waals surface area contributed by atoms with Crippen molar-refractivity contribution in [2.24, 2.45) is 0 Å². The summed E-state index contributed by atoms with van der Waals surface area (Å²) in [6.45, 7) is 1.70. The Morgan fingerprint density at radius 3 is 2.27 bits per heavy atom. The molecule has 0 aliphatic rings. The Hall–Kier alpha value is -1.14. The third-order valence-electron chi connectivity index (χ3n) is 3.17. The monoisotopic (exact) mass is 641 g/mol. The Labute approximate surface area is 186 Å². The third-order valence-corrected chi connectivity index (χ3v) is 5.30. The van der Waals surface area contributed by atoms with Crippen molar-refractivity contribution in [1.82, 2.24) is 5.32 Å². The summed E-state index contributed by atoms with van der Waals surface area (Å²) in [5.41, 5.74) is 1.54. The van der Waals surface area contributed by atoms with Crippen molar-refractivity contribution in [3.05, 3.63) is 64.8 Å². The molecule has 0 saturated heterocycles. The van der Waals surface area contributed by atoms with Crippen molar-refractivity contribution in [2.45, 2.75) is 13.5 Å². The van der Waals surface area contributed by atoms with Gasteiger partial charge in [0.15, 0.2) is 0 Å². The number of aliphatic carboxylic acids is 1. The van der Waals surface area contributed by atoms with Crippen LogP contribution in [0.15, 0.2) is 46.6 Å². The van der Waals surface area contributed by atoms with Gasteiger partial charge < -0.3 is 15.2 Å². The van der Waals surface area contributed by atoms with Crippen molar-refractivity contribution in [3.63, 3.8) is 0 Å². The van der Waals surface area contributed by atoms with Crippen molar-refractivity contribution in [3.8, 4) is 5.75 Å². The second kappa shape index (κ2) is 9.70. The molecule has 1 amide bonds. The van der Waals surface area contributed by atoms with E-state index in [1.165, 1.54) is 13.0 Å². The number of carbonyl (C=O) groups is 2. The minimum atomic E-state index is -1.19. The van der Waals surface area contributed by atoms with Crippen molar-refractivity contribution < 1.29 is 19.4 Å². The second-order valence-electron chi connectivity index (χ2n) is 5.27. The van der Waals surface area contributed by atoms with Gasteiger partial charge in [0.25, 0.3) is 0 Å². The van der Waals surface area contributed by atoms with Crippen molar-refractivity contribution in [2.75, 3.05) is 0 Å². The lowest BCUT2D eigenvalue weighted by molar-refractivity contribution is -0.134. The van der Waals surface area contributed by atoms with Crippen LogP contribution in [0.1, 0.15) is 18.1 Å². The number of amides is 1. The Kier molecular flexibility index (Phi) is 7.89. The van der Waals surface area contributed by atoms with E-state index in [0.29, 0.717) is 12.2 Å². The second-order valence-corrected chi connectivity index (χ2v) is 8.51. The molecule has 0 bridgehead atoms. The maximum atomic E-state index is 11.2. The van der Waals surface area contributed by atoms with E-state index in [-0.39, 0.29) is 5.70 Å². The zero-order valence-corrected chi connectivity index (χ0v) is 19.5. The molecule has 26 heavy (non-hydrogen) atoms. The molecule has 0 aliphatic carbocycles. The molecule has 0 fully saturated rings. The van der Waals surface area contributed by atoms with Crippen molar-refractivity contribution in [1.29, 1.82) is 0 Å². The Morgan fingerprint density at radius 2 is 1.77 bits per heavy atom. The molecular weight excluding hydrogens is 628 g/mol. The van der Waals surface area contributed by atoms with E-state index in [4.69, 9.17) is 4.74 Å². The molecule has 136 valence electrons. The van der Waals surface area contributed by atoms with Crippen LogP contribution in [-0.4, -0.2) is 17.0 Å². The average molecular weight is 642 g/mol. The molecular formula is C18H14BrI2NO4. The number of ether oxygens (including phenoxy) is 1. The van der Waals surface area contributed by atoms with E-state index in [1.54, 1.807) is 0 Å². The molecule has 0 spiro atoms. The molecule has 8 heteroatoms. The van der Waals surface area contributed by atoms with Crippen LogP contribution in [0.3, 0.4) is 0 Å². The van der Waals surface area contributed by atoms with Crippen LogP contribution in [-0.2, 0) is 16.2 Å². The Balaban J connectivity index is 2.22. The largest absolute Gasteiger partial charge is 0.487 e. The van der Waals surface area contributed by atoms with Gasteiger partial charge in [0.1, 0.15) is 18.1 Å². The zero-order valence-electron chi connectivity index (χ0n) is 13.6. The molecule has 2 aromatic carbocycles. The molecule has 2 aromatic rings. The fourth-order valence-electron chi connectivity index (χ4n) is 2.04. The van der Waals surface area contributed by atoms with Gasteiger partial charge in [-0.3, -0.25) is 4.79 Å². The highest BCUT2D eigenvalue weighted by Gasteiger charge is 2.12. The number of hydrogen-bond donors (Lipinski definition) is 2. The quantitative estimate of drug-likeness (QED) is 0.351. The molecule has 0 aromatic heterocycles. The Morgan fingerprint density at radius 1 is 1.19 bits per heavy atom. The number of benzene rings is 2. The van der Waals surface area contributed by atoms with E-state index in [9.17, 15) is 14.7 Å². The number of carboxylic acid groups (broad SMARTS) is 1. The van der Waals surface area contributed by atoms with Gasteiger partial charge in [-0.25, -0.2) is 4.79 Å². The van der Waals surface area contributed by atoms with Crippen LogP contribution in [0, 0.1) is 7.14 Å². The van der Waals surface area contributed by atoms with Gasteiger partial charge >= 0.3 is 5.97 Å². The first-order valence-corrected chi connectivity index (χ1v) is 10.3. The van der Waals surface area contributed by atoms with Crippen LogP contribution in [0.4, 0.5) is 0 Å². The predicted molar refractivity (Wildman–Crippen MR) is 120 cm³/mol. The number of carbonyl (C=O) groups excluding carboxylic acids is 1. The SMILES string of the molecule is CC(=O)NC(=Cc1cc(I)c(OCc2ccc(Br)cc2)c(I)c1)C(=O)O. The maximum Gasteiger partial charge on any atom is 0.352 e. The minimum Gasteiger partial charge on any atom is -0.487 e. The summed E-state index contributed by atoms with van der Waals surface area (Å²) in [7, 11) is 0. The first-order valence-electron chi connectivity index (χ1n) is 7.35. The molecule has 2 N–H and O–H groups in total. The summed E-state index contributed by atoms with van der Waals surface area (Å²) in [6.07, 6.45) is 1.42. The highest BCUT2D eigenvalue weighted by molar-refractivity contribution is 14.1. The summed E-state index contributed by atoms with van der Waals surface area (Å²) in [5.74, 6) is -0.888. The number of carboxylic acids is 1. The smallest absolute Gasteiger partial charge is 0.352 e. The molecule has 2 rings (SSSR count). The molecule has 5 nitrogen and oxygen atoms in total. The molecule has 0 aliphatic heterocycles. The van der Waals surface area contributed by atoms with Gasteiger partial charge in [-0.05, 0) is 86.7 Å². The van der Waals surface area contributed by atoms with Gasteiger partial charge in [-0.2, -0.15) is 0 Å². The average Bonchev–Trinajstić information content (AvgIpc) is 2.54. The topological polar surface area (TPSA) is 75.6 Å². The fraction of sp³-hybridized carbons (Fsp3) is 0.111. The van der Waals surface area contributed by atoms with Crippen LogP contribution in [0.5, 0.6) is 5.75 Å². The molecule has 0 unspecified atom stereocenters. The number of nitrogens with one attached hydrogen (secondary N) is 1. The molecule has 0 saturated carbocycles. The first kappa shape index (κ1) is 21.2. The lowest BCUT2D eigenvalue weighted by Gasteiger charge is -2.12. The summed E-state index contributed by atoms with van der Waals surface area (Å²) in [4.78, 5) is 22.4. The van der Waals surface area contributed by atoms with Gasteiger partial charge in [0.05, 0.1) is 7.14 Å². The van der Waals surface area contributed by atoms with Crippen LogP contribution in [0.25, 0.3) is 6.08 Å². The Bertz CT molecular complexity index is 843. The molecule has 0 heterocycles. The summed E-state index contributed by atoms with van der Waals surface area (Å²) in [5, 5.41) is 11.5. The van der Waals surface area contributed by atoms with Crippen LogP contribution >= 0.6 is 61.1 Å². The van der Waals surface area contributed by atoms with Gasteiger partial charge in [0, 0.05) is 11.4 Å². The molecule has 0 radical (unpaired) electrons. The summed E-state index contributed by atoms with van der Waals surface area (Å²) < 4.78 is 8.64. The van der Waals surface area contributed by atoms with Gasteiger partial charge in [0.2, 0.25) is 5.91 Å². The van der Waals surface area contributed by atoms with Gasteiger partial charge in [-0.15, -0.1) is 0 Å². The summed E-state index contributed by atoms with van der Waals surface area (Å²) in [6, 6.07) is 11.5. The lowest BCUT2D eigenvalue weighted by atomic mass is 10.2. The fourth-order valence-corrected chi connectivity index (χ4v) is 4.44. The third kappa shape index (κ3) is 6.23. The highest BCUT2D eigenvalue weighted by atomic mass is 127. The maximum absolute atomic E-state index is 11.2.